The smallest absolute Gasteiger partial charge is 0.244 e. The van der Waals surface area contributed by atoms with Crippen molar-refractivity contribution in [1.29, 1.82) is 0 Å². The molecule has 2 amide bonds. The molecule has 40 heavy (non-hydrogen) atoms. The molecule has 0 heterocycles. The molecule has 0 radical (unpaired) electrons. The summed E-state index contributed by atoms with van der Waals surface area (Å²) in [5.74, 6) is -1.57. The van der Waals surface area contributed by atoms with E-state index in [-0.39, 0.29) is 18.5 Å². The van der Waals surface area contributed by atoms with E-state index in [2.05, 4.69) is 5.32 Å². The minimum atomic E-state index is -3.89. The van der Waals surface area contributed by atoms with Gasteiger partial charge in [-0.25, -0.2) is 12.8 Å². The average Bonchev–Trinajstić information content (AvgIpc) is 2.86. The molecule has 0 aromatic heterocycles. The lowest BCUT2D eigenvalue weighted by atomic mass is 10.0. The Bertz CT molecular complexity index is 1450. The second-order valence-corrected chi connectivity index (χ2v) is 13.0. The number of benzene rings is 3. The van der Waals surface area contributed by atoms with Gasteiger partial charge in [0.15, 0.2) is 0 Å². The molecular weight excluding hydrogens is 529 g/mol. The summed E-state index contributed by atoms with van der Waals surface area (Å²) in [5.41, 5.74) is 2.30. The fourth-order valence-corrected chi connectivity index (χ4v) is 5.30. The van der Waals surface area contributed by atoms with E-state index in [9.17, 15) is 22.4 Å². The van der Waals surface area contributed by atoms with Crippen LogP contribution in [0.2, 0.25) is 0 Å². The summed E-state index contributed by atoms with van der Waals surface area (Å²) < 4.78 is 41.8. The fourth-order valence-electron chi connectivity index (χ4n) is 4.40. The highest BCUT2D eigenvalue weighted by Gasteiger charge is 2.35. The average molecular weight is 568 g/mol. The number of nitrogens with zero attached hydrogens (tertiary/aromatic N) is 2. The van der Waals surface area contributed by atoms with Crippen LogP contribution in [0, 0.1) is 19.7 Å². The summed E-state index contributed by atoms with van der Waals surface area (Å²) >= 11 is 0. The molecule has 0 aliphatic rings. The number of carbonyl (C=O) groups is 2. The van der Waals surface area contributed by atoms with E-state index in [1.54, 1.807) is 37.3 Å². The van der Waals surface area contributed by atoms with E-state index in [4.69, 9.17) is 0 Å². The Morgan fingerprint density at radius 2 is 1.57 bits per heavy atom. The first kappa shape index (κ1) is 30.8. The van der Waals surface area contributed by atoms with Crippen LogP contribution in [0.15, 0.2) is 72.8 Å². The van der Waals surface area contributed by atoms with Gasteiger partial charge in [-0.05, 0) is 63.4 Å². The number of carbonyl (C=O) groups excluding carboxylic acids is 2. The van der Waals surface area contributed by atoms with Gasteiger partial charge >= 0.3 is 0 Å². The van der Waals surface area contributed by atoms with Crippen molar-refractivity contribution < 1.29 is 22.4 Å². The third-order valence-electron chi connectivity index (χ3n) is 6.38. The van der Waals surface area contributed by atoms with E-state index in [0.29, 0.717) is 11.3 Å². The van der Waals surface area contributed by atoms with E-state index < -0.39 is 45.8 Å². The van der Waals surface area contributed by atoms with Gasteiger partial charge in [0.2, 0.25) is 21.8 Å². The van der Waals surface area contributed by atoms with Gasteiger partial charge in [0, 0.05) is 24.1 Å². The fraction of sp³-hybridized carbons (Fsp3) is 0.355. The normalized spacial score (nSPS) is 12.5. The Kier molecular flexibility index (Phi) is 9.73. The number of amides is 2. The number of halogens is 1. The number of sulfonamides is 1. The SMILES string of the molecule is Cc1ccc(C)c(N(CC(=O)N(Cc2ccccc2F)C(Cc2ccccc2)C(=O)NC(C)(C)C)S(C)(=O)=O)c1. The molecule has 9 heteroatoms. The number of hydrogen-bond acceptors (Lipinski definition) is 4. The highest BCUT2D eigenvalue weighted by Crippen LogP contribution is 2.25. The Morgan fingerprint density at radius 3 is 2.17 bits per heavy atom. The van der Waals surface area contributed by atoms with Crippen molar-refractivity contribution in [1.82, 2.24) is 10.2 Å². The molecule has 3 aromatic rings. The third-order valence-corrected chi connectivity index (χ3v) is 7.51. The molecule has 0 fully saturated rings. The van der Waals surface area contributed by atoms with Crippen molar-refractivity contribution in [2.75, 3.05) is 17.1 Å². The number of hydrogen-bond donors (Lipinski definition) is 1. The van der Waals surface area contributed by atoms with Crippen LogP contribution in [0.3, 0.4) is 0 Å². The molecule has 3 aromatic carbocycles. The maximum Gasteiger partial charge on any atom is 0.244 e. The van der Waals surface area contributed by atoms with Crippen LogP contribution in [-0.4, -0.2) is 49.5 Å². The zero-order chi connectivity index (χ0) is 29.7. The van der Waals surface area contributed by atoms with Gasteiger partial charge in [-0.2, -0.15) is 0 Å². The predicted molar refractivity (Wildman–Crippen MR) is 157 cm³/mol. The van der Waals surface area contributed by atoms with Crippen LogP contribution < -0.4 is 9.62 Å². The first-order chi connectivity index (χ1) is 18.7. The first-order valence-corrected chi connectivity index (χ1v) is 14.9. The van der Waals surface area contributed by atoms with Gasteiger partial charge in [0.05, 0.1) is 11.9 Å². The molecule has 214 valence electrons. The maximum atomic E-state index is 14.8. The molecular formula is C31H38FN3O4S. The third kappa shape index (κ3) is 8.39. The van der Waals surface area contributed by atoms with Gasteiger partial charge in [0.25, 0.3) is 0 Å². The molecule has 3 rings (SSSR count). The number of rotatable bonds is 10. The van der Waals surface area contributed by atoms with Crippen molar-refractivity contribution in [3.8, 4) is 0 Å². The number of nitrogens with one attached hydrogen (secondary N) is 1. The summed E-state index contributed by atoms with van der Waals surface area (Å²) in [7, 11) is -3.89. The summed E-state index contributed by atoms with van der Waals surface area (Å²) in [6, 6.07) is 19.6. The minimum absolute atomic E-state index is 0.158. The van der Waals surface area contributed by atoms with E-state index in [0.717, 1.165) is 21.7 Å². The second-order valence-electron chi connectivity index (χ2n) is 11.1. The van der Waals surface area contributed by atoms with E-state index in [1.807, 2.05) is 64.1 Å². The monoisotopic (exact) mass is 567 g/mol. The predicted octanol–water partition coefficient (Wildman–Crippen LogP) is 4.76. The Hall–Kier alpha value is -3.72. The first-order valence-electron chi connectivity index (χ1n) is 13.1. The zero-order valence-electron chi connectivity index (χ0n) is 23.9. The van der Waals surface area contributed by atoms with Gasteiger partial charge < -0.3 is 10.2 Å². The van der Waals surface area contributed by atoms with Crippen LogP contribution >= 0.6 is 0 Å². The minimum Gasteiger partial charge on any atom is -0.350 e. The van der Waals surface area contributed by atoms with Crippen LogP contribution in [-0.2, 0) is 32.6 Å². The molecule has 0 spiro atoms. The van der Waals surface area contributed by atoms with Gasteiger partial charge in [-0.15, -0.1) is 0 Å². The van der Waals surface area contributed by atoms with Crippen molar-refractivity contribution >= 4 is 27.5 Å². The lowest BCUT2D eigenvalue weighted by Gasteiger charge is -2.35. The van der Waals surface area contributed by atoms with E-state index >= 15 is 0 Å². The van der Waals surface area contributed by atoms with Crippen LogP contribution in [0.25, 0.3) is 0 Å². The second kappa shape index (κ2) is 12.6. The highest BCUT2D eigenvalue weighted by atomic mass is 32.2. The summed E-state index contributed by atoms with van der Waals surface area (Å²) in [5, 5.41) is 2.95. The number of aryl methyl sites for hydroxylation is 2. The van der Waals surface area contributed by atoms with Crippen LogP contribution in [0.1, 0.15) is 43.0 Å². The molecule has 0 aliphatic carbocycles. The quantitative estimate of drug-likeness (QED) is 0.383. The van der Waals surface area contributed by atoms with Gasteiger partial charge in [0.1, 0.15) is 18.4 Å². The molecule has 0 saturated carbocycles. The molecule has 1 unspecified atom stereocenters. The standard InChI is InChI=1S/C31H38FN3O4S/c1-22-16-17-23(2)27(18-22)35(40(6,38)39)21-29(36)34(20-25-14-10-11-15-26(25)32)28(30(37)33-31(3,4)5)19-24-12-8-7-9-13-24/h7-18,28H,19-21H2,1-6H3,(H,33,37). The topological polar surface area (TPSA) is 86.8 Å². The van der Waals surface area contributed by atoms with Crippen LogP contribution in [0.4, 0.5) is 10.1 Å². The van der Waals surface area contributed by atoms with Crippen molar-refractivity contribution in [3.05, 3.63) is 101 Å². The summed E-state index contributed by atoms with van der Waals surface area (Å²) in [6.45, 7) is 8.33. The van der Waals surface area contributed by atoms with Crippen molar-refractivity contribution in [2.24, 2.45) is 0 Å². The summed E-state index contributed by atoms with van der Waals surface area (Å²) in [4.78, 5) is 29.1. The molecule has 1 atom stereocenters. The Morgan fingerprint density at radius 1 is 0.950 bits per heavy atom. The Balaban J connectivity index is 2.11. The van der Waals surface area contributed by atoms with Gasteiger partial charge in [-0.3, -0.25) is 13.9 Å². The van der Waals surface area contributed by atoms with Crippen molar-refractivity contribution in [2.45, 2.75) is 59.2 Å². The lowest BCUT2D eigenvalue weighted by Crippen LogP contribution is -2.56. The molecule has 1 N–H and O–H groups in total. The summed E-state index contributed by atoms with van der Waals surface area (Å²) in [6.07, 6.45) is 1.20. The Labute approximate surface area is 237 Å². The molecule has 0 bridgehead atoms. The molecule has 7 nitrogen and oxygen atoms in total. The highest BCUT2D eigenvalue weighted by molar-refractivity contribution is 7.92. The molecule has 0 aliphatic heterocycles. The van der Waals surface area contributed by atoms with E-state index in [1.165, 1.54) is 11.0 Å². The maximum absolute atomic E-state index is 14.8. The lowest BCUT2D eigenvalue weighted by molar-refractivity contribution is -0.140. The zero-order valence-corrected chi connectivity index (χ0v) is 24.8. The van der Waals surface area contributed by atoms with Crippen LogP contribution in [0.5, 0.6) is 0 Å². The van der Waals surface area contributed by atoms with Gasteiger partial charge in [-0.1, -0.05) is 60.7 Å². The number of anilines is 1. The molecule has 0 saturated heterocycles. The van der Waals surface area contributed by atoms with Crippen molar-refractivity contribution in [3.63, 3.8) is 0 Å². The largest absolute Gasteiger partial charge is 0.350 e.